The van der Waals surface area contributed by atoms with E-state index in [0.29, 0.717) is 5.92 Å². The normalized spacial score (nSPS) is 10.5. The average Bonchev–Trinajstić information content (AvgIpc) is 2.20. The van der Waals surface area contributed by atoms with Crippen LogP contribution in [0.4, 0.5) is 0 Å². The summed E-state index contributed by atoms with van der Waals surface area (Å²) in [6.07, 6.45) is 5.99. The molecule has 0 aliphatic rings. The number of pyridine rings is 1. The number of hydrogen-bond donors (Lipinski definition) is 0. The standard InChI is InChI=1S/C11H17NO/c1-4-9(5-2)10-6-11(13-3)8-12-7-10/h6-9H,4-5H2,1-3H3. The molecular formula is C11H17NO. The van der Waals surface area contributed by atoms with Crippen LogP contribution >= 0.6 is 0 Å². The molecule has 0 aliphatic carbocycles. The minimum absolute atomic E-state index is 0.614. The van der Waals surface area contributed by atoms with E-state index < -0.39 is 0 Å². The Labute approximate surface area is 80.0 Å². The summed E-state index contributed by atoms with van der Waals surface area (Å²) in [4.78, 5) is 4.15. The van der Waals surface area contributed by atoms with Gasteiger partial charge in [0.25, 0.3) is 0 Å². The van der Waals surface area contributed by atoms with Gasteiger partial charge in [0.2, 0.25) is 0 Å². The molecule has 0 spiro atoms. The van der Waals surface area contributed by atoms with Gasteiger partial charge in [-0.25, -0.2) is 0 Å². The Balaban J connectivity index is 2.86. The molecule has 1 aromatic rings. The van der Waals surface area contributed by atoms with Crippen LogP contribution in [-0.2, 0) is 0 Å². The van der Waals surface area contributed by atoms with Crippen molar-refractivity contribution < 1.29 is 4.74 Å². The van der Waals surface area contributed by atoms with E-state index in [1.54, 1.807) is 13.3 Å². The smallest absolute Gasteiger partial charge is 0.137 e. The summed E-state index contributed by atoms with van der Waals surface area (Å²) in [5, 5.41) is 0. The first-order valence-corrected chi connectivity index (χ1v) is 4.80. The van der Waals surface area contributed by atoms with Crippen LogP contribution in [0, 0.1) is 0 Å². The van der Waals surface area contributed by atoms with E-state index in [4.69, 9.17) is 4.74 Å². The fourth-order valence-corrected chi connectivity index (χ4v) is 1.53. The van der Waals surface area contributed by atoms with Crippen LogP contribution in [0.15, 0.2) is 18.5 Å². The summed E-state index contributed by atoms with van der Waals surface area (Å²) in [7, 11) is 1.67. The molecule has 2 heteroatoms. The molecule has 0 N–H and O–H groups in total. The number of aromatic nitrogens is 1. The first kappa shape index (κ1) is 10.0. The highest BCUT2D eigenvalue weighted by Crippen LogP contribution is 2.24. The molecule has 0 saturated heterocycles. The number of ether oxygens (including phenoxy) is 1. The molecule has 13 heavy (non-hydrogen) atoms. The molecule has 1 aromatic heterocycles. The molecular weight excluding hydrogens is 162 g/mol. The summed E-state index contributed by atoms with van der Waals surface area (Å²) in [6, 6.07) is 2.07. The van der Waals surface area contributed by atoms with Gasteiger partial charge in [-0.15, -0.1) is 0 Å². The second kappa shape index (κ2) is 4.85. The maximum absolute atomic E-state index is 5.13. The number of rotatable bonds is 4. The SMILES string of the molecule is CCC(CC)c1cncc(OC)c1. The largest absolute Gasteiger partial charge is 0.495 e. The van der Waals surface area contributed by atoms with Crippen molar-refractivity contribution in [1.82, 2.24) is 4.98 Å². The lowest BCUT2D eigenvalue weighted by Gasteiger charge is -2.12. The third-order valence-electron chi connectivity index (χ3n) is 2.43. The fraction of sp³-hybridized carbons (Fsp3) is 0.545. The summed E-state index contributed by atoms with van der Waals surface area (Å²) in [5.74, 6) is 1.46. The van der Waals surface area contributed by atoms with Crippen molar-refractivity contribution in [1.29, 1.82) is 0 Å². The van der Waals surface area contributed by atoms with Gasteiger partial charge in [-0.3, -0.25) is 4.98 Å². The summed E-state index contributed by atoms with van der Waals surface area (Å²) in [5.41, 5.74) is 1.28. The Morgan fingerprint density at radius 2 is 2.00 bits per heavy atom. The average molecular weight is 179 g/mol. The summed E-state index contributed by atoms with van der Waals surface area (Å²) < 4.78 is 5.13. The molecule has 2 nitrogen and oxygen atoms in total. The molecule has 0 amide bonds. The quantitative estimate of drug-likeness (QED) is 0.708. The zero-order chi connectivity index (χ0) is 9.68. The van der Waals surface area contributed by atoms with Crippen molar-refractivity contribution in [3.05, 3.63) is 24.0 Å². The second-order valence-electron chi connectivity index (χ2n) is 3.17. The molecule has 0 aliphatic heterocycles. The number of hydrogen-bond acceptors (Lipinski definition) is 2. The Hall–Kier alpha value is -1.05. The van der Waals surface area contributed by atoms with Crippen LogP contribution in [0.5, 0.6) is 5.75 Å². The van der Waals surface area contributed by atoms with Crippen LogP contribution in [0.1, 0.15) is 38.2 Å². The van der Waals surface area contributed by atoms with Gasteiger partial charge < -0.3 is 4.74 Å². The van der Waals surface area contributed by atoms with Gasteiger partial charge in [-0.1, -0.05) is 13.8 Å². The molecule has 0 unspecified atom stereocenters. The van der Waals surface area contributed by atoms with Gasteiger partial charge in [0, 0.05) is 6.20 Å². The molecule has 0 bridgehead atoms. The molecule has 1 heterocycles. The van der Waals surface area contributed by atoms with E-state index in [0.717, 1.165) is 18.6 Å². The zero-order valence-electron chi connectivity index (χ0n) is 8.58. The van der Waals surface area contributed by atoms with Gasteiger partial charge in [0.15, 0.2) is 0 Å². The van der Waals surface area contributed by atoms with E-state index in [1.807, 2.05) is 6.20 Å². The van der Waals surface area contributed by atoms with E-state index in [1.165, 1.54) is 5.56 Å². The Morgan fingerprint density at radius 3 is 2.54 bits per heavy atom. The predicted octanol–water partition coefficient (Wildman–Crippen LogP) is 2.99. The monoisotopic (exact) mass is 179 g/mol. The molecule has 0 saturated carbocycles. The summed E-state index contributed by atoms with van der Waals surface area (Å²) in [6.45, 7) is 4.40. The van der Waals surface area contributed by atoms with E-state index in [9.17, 15) is 0 Å². The zero-order valence-corrected chi connectivity index (χ0v) is 8.58. The Kier molecular flexibility index (Phi) is 3.74. The Bertz CT molecular complexity index is 256. The fourth-order valence-electron chi connectivity index (χ4n) is 1.53. The third kappa shape index (κ3) is 2.44. The van der Waals surface area contributed by atoms with Gasteiger partial charge in [-0.2, -0.15) is 0 Å². The topological polar surface area (TPSA) is 22.1 Å². The van der Waals surface area contributed by atoms with Crippen molar-refractivity contribution in [2.75, 3.05) is 7.11 Å². The van der Waals surface area contributed by atoms with Gasteiger partial charge in [-0.05, 0) is 30.4 Å². The van der Waals surface area contributed by atoms with Crippen LogP contribution in [0.2, 0.25) is 0 Å². The van der Waals surface area contributed by atoms with Crippen molar-refractivity contribution in [3.8, 4) is 5.75 Å². The maximum atomic E-state index is 5.13. The highest BCUT2D eigenvalue weighted by Gasteiger charge is 2.07. The molecule has 0 radical (unpaired) electrons. The van der Waals surface area contributed by atoms with Gasteiger partial charge >= 0.3 is 0 Å². The lowest BCUT2D eigenvalue weighted by Crippen LogP contribution is -1.97. The first-order valence-electron chi connectivity index (χ1n) is 4.80. The van der Waals surface area contributed by atoms with E-state index >= 15 is 0 Å². The van der Waals surface area contributed by atoms with Crippen LogP contribution < -0.4 is 4.74 Å². The number of nitrogens with zero attached hydrogens (tertiary/aromatic N) is 1. The van der Waals surface area contributed by atoms with E-state index in [2.05, 4.69) is 24.9 Å². The predicted molar refractivity (Wildman–Crippen MR) is 54.1 cm³/mol. The second-order valence-corrected chi connectivity index (χ2v) is 3.17. The van der Waals surface area contributed by atoms with Crippen molar-refractivity contribution in [2.45, 2.75) is 32.6 Å². The molecule has 0 fully saturated rings. The van der Waals surface area contributed by atoms with Crippen molar-refractivity contribution >= 4 is 0 Å². The van der Waals surface area contributed by atoms with Crippen molar-refractivity contribution in [3.63, 3.8) is 0 Å². The van der Waals surface area contributed by atoms with Crippen LogP contribution in [0.3, 0.4) is 0 Å². The molecule has 1 rings (SSSR count). The minimum Gasteiger partial charge on any atom is -0.495 e. The minimum atomic E-state index is 0.614. The molecule has 0 aromatic carbocycles. The van der Waals surface area contributed by atoms with Crippen LogP contribution in [-0.4, -0.2) is 12.1 Å². The van der Waals surface area contributed by atoms with Gasteiger partial charge in [0.05, 0.1) is 13.3 Å². The lowest BCUT2D eigenvalue weighted by atomic mass is 9.95. The van der Waals surface area contributed by atoms with E-state index in [-0.39, 0.29) is 0 Å². The van der Waals surface area contributed by atoms with Gasteiger partial charge in [0.1, 0.15) is 5.75 Å². The van der Waals surface area contributed by atoms with Crippen molar-refractivity contribution in [2.24, 2.45) is 0 Å². The third-order valence-corrected chi connectivity index (χ3v) is 2.43. The number of methoxy groups -OCH3 is 1. The maximum Gasteiger partial charge on any atom is 0.137 e. The highest BCUT2D eigenvalue weighted by atomic mass is 16.5. The lowest BCUT2D eigenvalue weighted by molar-refractivity contribution is 0.411. The molecule has 72 valence electrons. The first-order chi connectivity index (χ1) is 6.31. The highest BCUT2D eigenvalue weighted by molar-refractivity contribution is 5.26. The molecule has 0 atom stereocenters. The van der Waals surface area contributed by atoms with Crippen LogP contribution in [0.25, 0.3) is 0 Å². The summed E-state index contributed by atoms with van der Waals surface area (Å²) >= 11 is 0. The Morgan fingerprint density at radius 1 is 1.31 bits per heavy atom.